The summed E-state index contributed by atoms with van der Waals surface area (Å²) < 4.78 is 32.5. The molecule has 1 aromatic carbocycles. The van der Waals surface area contributed by atoms with Crippen molar-refractivity contribution in [3.8, 4) is 0 Å². The Morgan fingerprint density at radius 1 is 1.20 bits per heavy atom. The third-order valence-corrected chi connectivity index (χ3v) is 8.62. The van der Waals surface area contributed by atoms with Crippen LogP contribution in [0.1, 0.15) is 30.7 Å². The second-order valence-electron chi connectivity index (χ2n) is 7.62. The van der Waals surface area contributed by atoms with Gasteiger partial charge in [-0.15, -0.1) is 11.3 Å². The number of hydrogen-bond donors (Lipinski definition) is 1. The molecule has 4 rings (SSSR count). The predicted molar refractivity (Wildman–Crippen MR) is 117 cm³/mol. The zero-order valence-electron chi connectivity index (χ0n) is 17.0. The molecule has 1 aromatic heterocycles. The maximum atomic E-state index is 13.0. The minimum atomic E-state index is -3.60. The Morgan fingerprint density at radius 3 is 2.73 bits per heavy atom. The molecule has 1 N–H and O–H groups in total. The van der Waals surface area contributed by atoms with Gasteiger partial charge < -0.3 is 10.1 Å². The normalized spacial score (nSPS) is 22.1. The molecule has 2 aliphatic rings. The fraction of sp³-hybridized carbons (Fsp3) is 0.476. The number of thiophene rings is 1. The topological polar surface area (TPSA) is 79.0 Å². The lowest BCUT2D eigenvalue weighted by atomic mass is 10.1. The van der Waals surface area contributed by atoms with Crippen molar-refractivity contribution >= 4 is 33.0 Å². The zero-order valence-corrected chi connectivity index (χ0v) is 18.6. The van der Waals surface area contributed by atoms with E-state index in [0.717, 1.165) is 19.4 Å². The second-order valence-corrected chi connectivity index (χ2v) is 10.5. The molecule has 0 aliphatic carbocycles. The minimum Gasteiger partial charge on any atom is -0.379 e. The van der Waals surface area contributed by atoms with E-state index in [1.165, 1.54) is 15.2 Å². The summed E-state index contributed by atoms with van der Waals surface area (Å²) >= 11 is 1.72. The highest BCUT2D eigenvalue weighted by Gasteiger charge is 2.33. The van der Waals surface area contributed by atoms with E-state index in [0.29, 0.717) is 32.0 Å². The summed E-state index contributed by atoms with van der Waals surface area (Å²) in [5, 5.41) is 4.98. The molecule has 7 nitrogen and oxygen atoms in total. The Kier molecular flexibility index (Phi) is 6.54. The Bertz CT molecular complexity index is 972. The van der Waals surface area contributed by atoms with Crippen LogP contribution in [-0.2, 0) is 19.6 Å². The van der Waals surface area contributed by atoms with E-state index < -0.39 is 10.0 Å². The number of carbonyl (C=O) groups is 1. The molecule has 162 valence electrons. The zero-order chi connectivity index (χ0) is 21.1. The van der Waals surface area contributed by atoms with Crippen LogP contribution in [0.25, 0.3) is 0 Å². The summed E-state index contributed by atoms with van der Waals surface area (Å²) in [6, 6.07) is 10.6. The van der Waals surface area contributed by atoms with E-state index in [1.54, 1.807) is 29.5 Å². The monoisotopic (exact) mass is 449 g/mol. The highest BCUT2D eigenvalue weighted by atomic mass is 32.2. The van der Waals surface area contributed by atoms with Gasteiger partial charge in [-0.1, -0.05) is 12.1 Å². The van der Waals surface area contributed by atoms with Crippen LogP contribution in [0.2, 0.25) is 0 Å². The largest absolute Gasteiger partial charge is 0.379 e. The molecule has 3 heterocycles. The van der Waals surface area contributed by atoms with Gasteiger partial charge in [-0.05, 0) is 56.0 Å². The molecular formula is C21H27N3O4S2. The molecule has 0 saturated carbocycles. The number of hydrogen-bond acceptors (Lipinski definition) is 6. The van der Waals surface area contributed by atoms with Crippen LogP contribution in [0.15, 0.2) is 46.7 Å². The molecule has 30 heavy (non-hydrogen) atoms. The third kappa shape index (κ3) is 4.45. The fourth-order valence-electron chi connectivity index (χ4n) is 4.11. The Labute approximate surface area is 181 Å². The lowest BCUT2D eigenvalue weighted by Gasteiger charge is -2.29. The van der Waals surface area contributed by atoms with Crippen molar-refractivity contribution in [1.82, 2.24) is 9.21 Å². The summed E-state index contributed by atoms with van der Waals surface area (Å²) in [4.78, 5) is 16.7. The maximum Gasteiger partial charge on any atom is 0.243 e. The van der Waals surface area contributed by atoms with E-state index in [2.05, 4.69) is 21.7 Å². The first-order valence-electron chi connectivity index (χ1n) is 10.2. The van der Waals surface area contributed by atoms with Gasteiger partial charge in [0.15, 0.2) is 0 Å². The number of rotatable bonds is 6. The van der Waals surface area contributed by atoms with Crippen LogP contribution >= 0.6 is 11.3 Å². The lowest BCUT2D eigenvalue weighted by molar-refractivity contribution is -0.121. The van der Waals surface area contributed by atoms with Crippen molar-refractivity contribution in [2.24, 2.45) is 0 Å². The van der Waals surface area contributed by atoms with Gasteiger partial charge in [0.1, 0.15) is 0 Å². The van der Waals surface area contributed by atoms with Crippen LogP contribution in [0, 0.1) is 0 Å². The maximum absolute atomic E-state index is 13.0. The molecule has 0 unspecified atom stereocenters. The quantitative estimate of drug-likeness (QED) is 0.734. The molecule has 2 aromatic rings. The Balaban J connectivity index is 1.46. The molecule has 1 amide bonds. The van der Waals surface area contributed by atoms with Crippen molar-refractivity contribution in [2.75, 3.05) is 38.2 Å². The first-order chi connectivity index (χ1) is 14.5. The van der Waals surface area contributed by atoms with Crippen LogP contribution in [0.5, 0.6) is 0 Å². The predicted octanol–water partition coefficient (Wildman–Crippen LogP) is 2.93. The van der Waals surface area contributed by atoms with Crippen LogP contribution in [-0.4, -0.2) is 62.4 Å². The summed E-state index contributed by atoms with van der Waals surface area (Å²) in [7, 11) is -3.60. The summed E-state index contributed by atoms with van der Waals surface area (Å²) in [6.07, 6.45) is 2.11. The van der Waals surface area contributed by atoms with Gasteiger partial charge in [-0.2, -0.15) is 4.31 Å². The van der Waals surface area contributed by atoms with Gasteiger partial charge in [0.2, 0.25) is 15.9 Å². The minimum absolute atomic E-state index is 0.126. The van der Waals surface area contributed by atoms with Crippen molar-refractivity contribution in [1.29, 1.82) is 0 Å². The highest BCUT2D eigenvalue weighted by molar-refractivity contribution is 7.89. The lowest BCUT2D eigenvalue weighted by Crippen LogP contribution is -2.41. The van der Waals surface area contributed by atoms with Crippen molar-refractivity contribution in [3.05, 3.63) is 46.7 Å². The first-order valence-corrected chi connectivity index (χ1v) is 12.6. The summed E-state index contributed by atoms with van der Waals surface area (Å²) in [5.74, 6) is -0.126. The standard InChI is InChI=1S/C21H27N3O4S2/c1-16(24-9-3-7-19(24)20-8-4-14-29-20)21(25)22-17-5-2-6-18(15-17)30(26,27)23-10-12-28-13-11-23/h2,4-6,8,14-16,19H,3,7,9-13H2,1H3,(H,22,25)/t16-,19+/m1/s1. The van der Waals surface area contributed by atoms with E-state index in [9.17, 15) is 13.2 Å². The fourth-order valence-corrected chi connectivity index (χ4v) is 6.44. The molecule has 0 radical (unpaired) electrons. The highest BCUT2D eigenvalue weighted by Crippen LogP contribution is 2.36. The van der Waals surface area contributed by atoms with Crippen molar-refractivity contribution in [2.45, 2.75) is 36.7 Å². The Hall–Kier alpha value is -1.78. The first kappa shape index (κ1) is 21.5. The summed E-state index contributed by atoms with van der Waals surface area (Å²) in [6.45, 7) is 4.27. The molecule has 2 saturated heterocycles. The number of amides is 1. The van der Waals surface area contributed by atoms with E-state index in [4.69, 9.17) is 4.74 Å². The average Bonchev–Trinajstić information content (AvgIpc) is 3.45. The van der Waals surface area contributed by atoms with Gasteiger partial charge in [0, 0.05) is 29.7 Å². The van der Waals surface area contributed by atoms with Gasteiger partial charge >= 0.3 is 0 Å². The van der Waals surface area contributed by atoms with Gasteiger partial charge in [-0.3, -0.25) is 9.69 Å². The molecular weight excluding hydrogens is 422 g/mol. The van der Waals surface area contributed by atoms with Gasteiger partial charge in [0.05, 0.1) is 24.2 Å². The smallest absolute Gasteiger partial charge is 0.243 e. The number of carbonyl (C=O) groups excluding carboxylic acids is 1. The van der Waals surface area contributed by atoms with Crippen molar-refractivity contribution < 1.29 is 17.9 Å². The number of likely N-dealkylation sites (tertiary alicyclic amines) is 1. The third-order valence-electron chi connectivity index (χ3n) is 5.75. The van der Waals surface area contributed by atoms with Crippen LogP contribution < -0.4 is 5.32 Å². The van der Waals surface area contributed by atoms with Crippen LogP contribution in [0.4, 0.5) is 5.69 Å². The number of ether oxygens (including phenoxy) is 1. The number of sulfonamides is 1. The SMILES string of the molecule is C[C@H](C(=O)Nc1cccc(S(=O)(=O)N2CCOCC2)c1)N1CCC[C@H]1c1cccs1. The summed E-state index contributed by atoms with van der Waals surface area (Å²) in [5.41, 5.74) is 0.494. The van der Waals surface area contributed by atoms with E-state index in [1.807, 2.05) is 13.0 Å². The number of nitrogens with zero attached hydrogens (tertiary/aromatic N) is 2. The number of nitrogens with one attached hydrogen (secondary N) is 1. The number of benzene rings is 1. The van der Waals surface area contributed by atoms with Crippen LogP contribution in [0.3, 0.4) is 0 Å². The van der Waals surface area contributed by atoms with Gasteiger partial charge in [-0.25, -0.2) is 8.42 Å². The molecule has 2 atom stereocenters. The second kappa shape index (κ2) is 9.15. The van der Waals surface area contributed by atoms with Gasteiger partial charge in [0.25, 0.3) is 0 Å². The number of anilines is 1. The molecule has 0 spiro atoms. The molecule has 2 aliphatic heterocycles. The Morgan fingerprint density at radius 2 is 2.00 bits per heavy atom. The van der Waals surface area contributed by atoms with E-state index in [-0.39, 0.29) is 22.9 Å². The number of morpholine rings is 1. The average molecular weight is 450 g/mol. The molecule has 0 bridgehead atoms. The van der Waals surface area contributed by atoms with Crippen molar-refractivity contribution in [3.63, 3.8) is 0 Å². The molecule has 2 fully saturated rings. The van der Waals surface area contributed by atoms with E-state index >= 15 is 0 Å². The molecule has 9 heteroatoms.